The van der Waals surface area contributed by atoms with E-state index in [2.05, 4.69) is 10.1 Å². The van der Waals surface area contributed by atoms with Gasteiger partial charge in [-0.25, -0.2) is 9.18 Å². The second-order valence-corrected chi connectivity index (χ2v) is 6.30. The monoisotopic (exact) mass is 393 g/mol. The Bertz CT molecular complexity index is 1060. The van der Waals surface area contributed by atoms with Crippen molar-refractivity contribution in [1.29, 1.82) is 0 Å². The quantitative estimate of drug-likeness (QED) is 0.674. The number of pyridine rings is 1. The molecule has 0 saturated carbocycles. The Balaban J connectivity index is 1.92. The number of carboxylic acid groups (broad SMARTS) is 1. The van der Waals surface area contributed by atoms with E-state index in [1.807, 2.05) is 0 Å². The van der Waals surface area contributed by atoms with E-state index in [1.165, 1.54) is 16.8 Å². The maximum atomic E-state index is 13.6. The highest BCUT2D eigenvalue weighted by Crippen LogP contribution is 2.31. The minimum absolute atomic E-state index is 0.000865. The lowest BCUT2D eigenvalue weighted by molar-refractivity contribution is -0.137. The molecule has 2 heterocycles. The second kappa shape index (κ2) is 7.06. The van der Waals surface area contributed by atoms with Crippen LogP contribution in [0, 0.1) is 12.7 Å². The van der Waals surface area contributed by atoms with Crippen LogP contribution in [-0.4, -0.2) is 25.8 Å². The number of aromatic nitrogens is 3. The number of hydrogen-bond acceptors (Lipinski definition) is 3. The summed E-state index contributed by atoms with van der Waals surface area (Å²) in [7, 11) is 1.63. The average molecular weight is 393 g/mol. The Kier molecular flexibility index (Phi) is 4.93. The molecule has 2 aromatic heterocycles. The first-order chi connectivity index (χ1) is 13.0. The van der Waals surface area contributed by atoms with Crippen molar-refractivity contribution in [2.24, 2.45) is 7.05 Å². The van der Waals surface area contributed by atoms with Gasteiger partial charge in [-0.3, -0.25) is 9.67 Å². The molecule has 0 atom stereocenters. The first-order valence-corrected chi connectivity index (χ1v) is 8.15. The standard InChI is InChI=1S/C19H15F4N3O2/c1-10-15(18(27)28)3-4-16(24-10)17-9-14(25-26(17)2)7-11-5-12(19(21,22)23)8-13(20)6-11/h3-6,8-9H,7H2,1-2H3,(H,27,28). The molecule has 3 aromatic rings. The lowest BCUT2D eigenvalue weighted by atomic mass is 10.1. The van der Waals surface area contributed by atoms with Gasteiger partial charge in [-0.1, -0.05) is 0 Å². The van der Waals surface area contributed by atoms with Crippen molar-refractivity contribution in [3.05, 3.63) is 70.3 Å². The van der Waals surface area contributed by atoms with Gasteiger partial charge in [0.15, 0.2) is 0 Å². The van der Waals surface area contributed by atoms with Crippen molar-refractivity contribution in [2.45, 2.75) is 19.5 Å². The van der Waals surface area contributed by atoms with Gasteiger partial charge in [-0.15, -0.1) is 0 Å². The summed E-state index contributed by atoms with van der Waals surface area (Å²) in [6, 6.07) is 6.95. The molecule has 28 heavy (non-hydrogen) atoms. The van der Waals surface area contributed by atoms with Gasteiger partial charge in [-0.05, 0) is 48.9 Å². The summed E-state index contributed by atoms with van der Waals surface area (Å²) < 4.78 is 53.7. The number of carbonyl (C=O) groups is 1. The third kappa shape index (κ3) is 4.03. The number of rotatable bonds is 4. The van der Waals surface area contributed by atoms with E-state index in [-0.39, 0.29) is 17.5 Å². The highest BCUT2D eigenvalue weighted by atomic mass is 19.4. The summed E-state index contributed by atoms with van der Waals surface area (Å²) in [5, 5.41) is 13.3. The van der Waals surface area contributed by atoms with Gasteiger partial charge in [0, 0.05) is 13.5 Å². The fourth-order valence-corrected chi connectivity index (χ4v) is 2.91. The number of halogens is 4. The predicted molar refractivity (Wildman–Crippen MR) is 92.3 cm³/mol. The minimum Gasteiger partial charge on any atom is -0.478 e. The average Bonchev–Trinajstić information content (AvgIpc) is 2.93. The summed E-state index contributed by atoms with van der Waals surface area (Å²) in [4.78, 5) is 15.4. The van der Waals surface area contributed by atoms with E-state index in [1.54, 1.807) is 20.0 Å². The summed E-state index contributed by atoms with van der Waals surface area (Å²) in [6.07, 6.45) is -4.64. The molecule has 9 heteroatoms. The number of nitrogens with zero attached hydrogens (tertiary/aromatic N) is 3. The summed E-state index contributed by atoms with van der Waals surface area (Å²) >= 11 is 0. The first kappa shape index (κ1) is 19.5. The maximum Gasteiger partial charge on any atom is 0.416 e. The van der Waals surface area contributed by atoms with Gasteiger partial charge in [0.25, 0.3) is 0 Å². The third-order valence-electron chi connectivity index (χ3n) is 4.18. The molecule has 0 amide bonds. The molecule has 0 unspecified atom stereocenters. The van der Waals surface area contributed by atoms with Crippen LogP contribution in [0.2, 0.25) is 0 Å². The Morgan fingerprint density at radius 2 is 1.89 bits per heavy atom. The molecule has 0 aliphatic rings. The zero-order chi connectivity index (χ0) is 20.6. The van der Waals surface area contributed by atoms with Crippen LogP contribution >= 0.6 is 0 Å². The maximum absolute atomic E-state index is 13.6. The molecule has 146 valence electrons. The van der Waals surface area contributed by atoms with Crippen molar-refractivity contribution in [3.63, 3.8) is 0 Å². The Morgan fingerprint density at radius 3 is 2.50 bits per heavy atom. The zero-order valence-electron chi connectivity index (χ0n) is 14.9. The molecule has 0 bridgehead atoms. The summed E-state index contributed by atoms with van der Waals surface area (Å²) in [6.45, 7) is 1.57. The predicted octanol–water partition coefficient (Wildman–Crippen LogP) is 4.24. The number of aromatic carboxylic acids is 1. The summed E-state index contributed by atoms with van der Waals surface area (Å²) in [5.41, 5.74) is 0.945. The third-order valence-corrected chi connectivity index (χ3v) is 4.18. The van der Waals surface area contributed by atoms with Crippen LogP contribution in [-0.2, 0) is 19.6 Å². The number of carboxylic acids is 1. The van der Waals surface area contributed by atoms with Crippen molar-refractivity contribution < 1.29 is 27.5 Å². The van der Waals surface area contributed by atoms with E-state index >= 15 is 0 Å². The largest absolute Gasteiger partial charge is 0.478 e. The van der Waals surface area contributed by atoms with Crippen LogP contribution in [0.3, 0.4) is 0 Å². The SMILES string of the molecule is Cc1nc(-c2cc(Cc3cc(F)cc(C(F)(F)F)c3)nn2C)ccc1C(=O)O. The van der Waals surface area contributed by atoms with E-state index < -0.39 is 23.5 Å². The Labute approximate surface area is 157 Å². The van der Waals surface area contributed by atoms with Gasteiger partial charge < -0.3 is 5.11 Å². The number of aryl methyl sites for hydroxylation is 2. The van der Waals surface area contributed by atoms with Gasteiger partial charge >= 0.3 is 12.1 Å². The van der Waals surface area contributed by atoms with E-state index in [4.69, 9.17) is 5.11 Å². The van der Waals surface area contributed by atoms with Crippen LogP contribution in [0.5, 0.6) is 0 Å². The van der Waals surface area contributed by atoms with Gasteiger partial charge in [-0.2, -0.15) is 18.3 Å². The van der Waals surface area contributed by atoms with Crippen molar-refractivity contribution in [1.82, 2.24) is 14.8 Å². The number of alkyl halides is 3. The number of benzene rings is 1. The highest BCUT2D eigenvalue weighted by Gasteiger charge is 2.31. The van der Waals surface area contributed by atoms with E-state index in [0.29, 0.717) is 28.8 Å². The smallest absolute Gasteiger partial charge is 0.416 e. The molecular formula is C19H15F4N3O2. The minimum atomic E-state index is -4.64. The van der Waals surface area contributed by atoms with Crippen molar-refractivity contribution >= 4 is 5.97 Å². The topological polar surface area (TPSA) is 68.0 Å². The fourth-order valence-electron chi connectivity index (χ4n) is 2.91. The van der Waals surface area contributed by atoms with Crippen LogP contribution in [0.15, 0.2) is 36.4 Å². The molecule has 1 aromatic carbocycles. The van der Waals surface area contributed by atoms with Crippen molar-refractivity contribution in [2.75, 3.05) is 0 Å². The molecule has 0 saturated heterocycles. The highest BCUT2D eigenvalue weighted by molar-refractivity contribution is 5.89. The Hall–Kier alpha value is -3.23. The second-order valence-electron chi connectivity index (χ2n) is 6.30. The molecule has 0 radical (unpaired) electrons. The van der Waals surface area contributed by atoms with Crippen molar-refractivity contribution in [3.8, 4) is 11.4 Å². The molecule has 1 N–H and O–H groups in total. The molecule has 5 nitrogen and oxygen atoms in total. The van der Waals surface area contributed by atoms with Crippen LogP contribution in [0.4, 0.5) is 17.6 Å². The molecular weight excluding hydrogens is 378 g/mol. The molecule has 0 aliphatic carbocycles. The zero-order valence-corrected chi connectivity index (χ0v) is 14.9. The lowest BCUT2D eigenvalue weighted by Crippen LogP contribution is -2.06. The van der Waals surface area contributed by atoms with Gasteiger partial charge in [0.1, 0.15) is 5.82 Å². The molecule has 3 rings (SSSR count). The first-order valence-electron chi connectivity index (χ1n) is 8.15. The fraction of sp³-hybridized carbons (Fsp3) is 0.211. The number of hydrogen-bond donors (Lipinski definition) is 1. The Morgan fingerprint density at radius 1 is 1.18 bits per heavy atom. The molecule has 0 fully saturated rings. The molecule has 0 spiro atoms. The summed E-state index contributed by atoms with van der Waals surface area (Å²) in [5.74, 6) is -2.06. The van der Waals surface area contributed by atoms with Crippen LogP contribution < -0.4 is 0 Å². The van der Waals surface area contributed by atoms with Crippen LogP contribution in [0.25, 0.3) is 11.4 Å². The lowest BCUT2D eigenvalue weighted by Gasteiger charge is -2.08. The van der Waals surface area contributed by atoms with Gasteiger partial charge in [0.05, 0.1) is 33.9 Å². The van der Waals surface area contributed by atoms with Gasteiger partial charge in [0.2, 0.25) is 0 Å². The molecule has 0 aliphatic heterocycles. The van der Waals surface area contributed by atoms with Crippen LogP contribution in [0.1, 0.15) is 32.9 Å². The van der Waals surface area contributed by atoms with E-state index in [0.717, 1.165) is 12.1 Å². The van der Waals surface area contributed by atoms with E-state index in [9.17, 15) is 22.4 Å². The normalized spacial score (nSPS) is 11.6.